The molecule has 0 aliphatic carbocycles. The lowest BCUT2D eigenvalue weighted by Crippen LogP contribution is -2.39. The van der Waals surface area contributed by atoms with E-state index < -0.39 is 10.0 Å². The Hall–Kier alpha value is -1.40. The number of unbranched alkanes of at least 4 members (excludes halogenated alkanes) is 1. The molecule has 1 saturated heterocycles. The van der Waals surface area contributed by atoms with E-state index in [0.717, 1.165) is 38.5 Å². The Morgan fingerprint density at radius 1 is 1.19 bits per heavy atom. The summed E-state index contributed by atoms with van der Waals surface area (Å²) < 4.78 is 27.8. The van der Waals surface area contributed by atoms with Crippen LogP contribution in [-0.2, 0) is 10.0 Å². The van der Waals surface area contributed by atoms with Crippen molar-refractivity contribution in [1.29, 1.82) is 0 Å². The molecule has 5 nitrogen and oxygen atoms in total. The van der Waals surface area contributed by atoms with Crippen molar-refractivity contribution in [2.45, 2.75) is 77.2 Å². The van der Waals surface area contributed by atoms with Gasteiger partial charge in [0.1, 0.15) is 0 Å². The Bertz CT molecular complexity index is 740. The average molecular weight is 395 g/mol. The molecule has 1 unspecified atom stereocenters. The van der Waals surface area contributed by atoms with Crippen LogP contribution in [-0.4, -0.2) is 49.2 Å². The van der Waals surface area contributed by atoms with Crippen molar-refractivity contribution in [2.24, 2.45) is 0 Å². The van der Waals surface area contributed by atoms with Gasteiger partial charge in [0.2, 0.25) is 10.0 Å². The van der Waals surface area contributed by atoms with Crippen LogP contribution in [0, 0.1) is 6.92 Å². The van der Waals surface area contributed by atoms with Gasteiger partial charge in [0.25, 0.3) is 5.91 Å². The maximum absolute atomic E-state index is 13.1. The molecule has 0 spiro atoms. The first-order chi connectivity index (χ1) is 12.8. The zero-order valence-electron chi connectivity index (χ0n) is 17.2. The van der Waals surface area contributed by atoms with Crippen molar-refractivity contribution in [3.8, 4) is 0 Å². The number of carbonyl (C=O) groups excluding carboxylic acids is 1. The molecule has 27 heavy (non-hydrogen) atoms. The largest absolute Gasteiger partial charge is 0.336 e. The standard InChI is InChI=1S/C21H34N2O3S/c1-5-7-15-23(18(4)6-2)21(24)19-12-11-17(3)20(16-19)27(25,26)22-13-9-8-10-14-22/h11-12,16,18H,5-10,13-15H2,1-4H3. The number of piperidine rings is 1. The fourth-order valence-electron chi connectivity index (χ4n) is 3.49. The van der Waals surface area contributed by atoms with Gasteiger partial charge in [-0.3, -0.25) is 4.79 Å². The van der Waals surface area contributed by atoms with E-state index in [1.807, 2.05) is 11.8 Å². The minimum absolute atomic E-state index is 0.0760. The lowest BCUT2D eigenvalue weighted by Gasteiger charge is -2.29. The summed E-state index contributed by atoms with van der Waals surface area (Å²) in [6.45, 7) is 9.85. The molecule has 1 aliphatic rings. The van der Waals surface area contributed by atoms with Gasteiger partial charge in [-0.25, -0.2) is 8.42 Å². The molecule has 0 radical (unpaired) electrons. The van der Waals surface area contributed by atoms with Crippen molar-refractivity contribution in [1.82, 2.24) is 9.21 Å². The van der Waals surface area contributed by atoms with Crippen LogP contribution in [0.4, 0.5) is 0 Å². The first kappa shape index (κ1) is 21.9. The molecule has 1 aromatic carbocycles. The second-order valence-electron chi connectivity index (χ2n) is 7.55. The van der Waals surface area contributed by atoms with E-state index in [1.54, 1.807) is 29.4 Å². The fraction of sp³-hybridized carbons (Fsp3) is 0.667. The third-order valence-corrected chi connectivity index (χ3v) is 7.54. The van der Waals surface area contributed by atoms with Gasteiger partial charge in [-0.05, 0) is 57.2 Å². The SMILES string of the molecule is CCCCN(C(=O)c1ccc(C)c(S(=O)(=O)N2CCCCC2)c1)C(C)CC. The van der Waals surface area contributed by atoms with Crippen molar-refractivity contribution in [3.63, 3.8) is 0 Å². The molecular weight excluding hydrogens is 360 g/mol. The van der Waals surface area contributed by atoms with Crippen LogP contribution in [0.2, 0.25) is 0 Å². The molecule has 0 bridgehead atoms. The fourth-order valence-corrected chi connectivity index (χ4v) is 5.26. The Morgan fingerprint density at radius 2 is 1.85 bits per heavy atom. The second-order valence-corrected chi connectivity index (χ2v) is 9.46. The van der Waals surface area contributed by atoms with E-state index in [9.17, 15) is 13.2 Å². The number of hydrogen-bond donors (Lipinski definition) is 0. The van der Waals surface area contributed by atoms with Crippen LogP contribution in [0.1, 0.15) is 75.2 Å². The highest BCUT2D eigenvalue weighted by Gasteiger charge is 2.29. The summed E-state index contributed by atoms with van der Waals surface area (Å²) in [4.78, 5) is 15.3. The smallest absolute Gasteiger partial charge is 0.254 e. The summed E-state index contributed by atoms with van der Waals surface area (Å²) in [6, 6.07) is 5.24. The van der Waals surface area contributed by atoms with Crippen LogP contribution < -0.4 is 0 Å². The van der Waals surface area contributed by atoms with E-state index in [2.05, 4.69) is 13.8 Å². The Morgan fingerprint density at radius 3 is 2.44 bits per heavy atom. The van der Waals surface area contributed by atoms with Gasteiger partial charge in [-0.1, -0.05) is 32.8 Å². The number of carbonyl (C=O) groups is 1. The molecule has 1 atom stereocenters. The molecule has 1 aromatic rings. The van der Waals surface area contributed by atoms with Crippen LogP contribution in [0.3, 0.4) is 0 Å². The summed E-state index contributed by atoms with van der Waals surface area (Å²) in [5, 5.41) is 0. The summed E-state index contributed by atoms with van der Waals surface area (Å²) in [7, 11) is -3.55. The molecule has 1 heterocycles. The topological polar surface area (TPSA) is 57.7 Å². The normalized spacial score (nSPS) is 16.9. The Labute approximate surface area is 164 Å². The monoisotopic (exact) mass is 394 g/mol. The highest BCUT2D eigenvalue weighted by atomic mass is 32.2. The number of hydrogen-bond acceptors (Lipinski definition) is 3. The molecule has 1 amide bonds. The predicted molar refractivity (Wildman–Crippen MR) is 109 cm³/mol. The van der Waals surface area contributed by atoms with Crippen LogP contribution in [0.5, 0.6) is 0 Å². The summed E-state index contributed by atoms with van der Waals surface area (Å²) in [6.07, 6.45) is 5.71. The van der Waals surface area contributed by atoms with Gasteiger partial charge in [-0.2, -0.15) is 4.31 Å². The number of benzene rings is 1. The molecule has 152 valence electrons. The Balaban J connectivity index is 2.36. The van der Waals surface area contributed by atoms with Crippen LogP contribution in [0.15, 0.2) is 23.1 Å². The van der Waals surface area contributed by atoms with E-state index in [4.69, 9.17) is 0 Å². The average Bonchev–Trinajstić information content (AvgIpc) is 2.68. The number of amides is 1. The molecule has 2 rings (SSSR count). The van der Waals surface area contributed by atoms with Crippen molar-refractivity contribution < 1.29 is 13.2 Å². The minimum atomic E-state index is -3.55. The quantitative estimate of drug-likeness (QED) is 0.664. The van der Waals surface area contributed by atoms with Crippen molar-refractivity contribution >= 4 is 15.9 Å². The zero-order valence-corrected chi connectivity index (χ0v) is 18.0. The lowest BCUT2D eigenvalue weighted by atomic mass is 10.1. The molecule has 0 N–H and O–H groups in total. The van der Waals surface area contributed by atoms with Crippen LogP contribution in [0.25, 0.3) is 0 Å². The van der Waals surface area contributed by atoms with E-state index in [-0.39, 0.29) is 16.8 Å². The molecular formula is C21H34N2O3S. The van der Waals surface area contributed by atoms with Gasteiger partial charge in [0.05, 0.1) is 4.90 Å². The molecule has 0 aromatic heterocycles. The number of aryl methyl sites for hydroxylation is 1. The maximum atomic E-state index is 13.1. The Kier molecular flexibility index (Phi) is 7.86. The highest BCUT2D eigenvalue weighted by molar-refractivity contribution is 7.89. The van der Waals surface area contributed by atoms with Gasteiger partial charge in [0.15, 0.2) is 0 Å². The van der Waals surface area contributed by atoms with E-state index in [0.29, 0.717) is 30.8 Å². The van der Waals surface area contributed by atoms with Gasteiger partial charge < -0.3 is 4.90 Å². The van der Waals surface area contributed by atoms with Crippen molar-refractivity contribution in [2.75, 3.05) is 19.6 Å². The third kappa shape index (κ3) is 5.11. The molecule has 1 aliphatic heterocycles. The first-order valence-corrected chi connectivity index (χ1v) is 11.7. The molecule has 0 saturated carbocycles. The van der Waals surface area contributed by atoms with Gasteiger partial charge in [0, 0.05) is 31.2 Å². The van der Waals surface area contributed by atoms with Gasteiger partial charge >= 0.3 is 0 Å². The van der Waals surface area contributed by atoms with Crippen molar-refractivity contribution in [3.05, 3.63) is 29.3 Å². The van der Waals surface area contributed by atoms with Gasteiger partial charge in [-0.15, -0.1) is 0 Å². The van der Waals surface area contributed by atoms with Crippen LogP contribution >= 0.6 is 0 Å². The predicted octanol–water partition coefficient (Wildman–Crippen LogP) is 4.21. The second kappa shape index (κ2) is 9.69. The van der Waals surface area contributed by atoms with E-state index in [1.165, 1.54) is 0 Å². The minimum Gasteiger partial charge on any atom is -0.336 e. The number of nitrogens with zero attached hydrogens (tertiary/aromatic N) is 2. The summed E-state index contributed by atoms with van der Waals surface area (Å²) in [5.41, 5.74) is 1.16. The lowest BCUT2D eigenvalue weighted by molar-refractivity contribution is 0.0685. The van der Waals surface area contributed by atoms with E-state index >= 15 is 0 Å². The number of sulfonamides is 1. The third-order valence-electron chi connectivity index (χ3n) is 5.50. The zero-order chi connectivity index (χ0) is 20.0. The molecule has 6 heteroatoms. The summed E-state index contributed by atoms with van der Waals surface area (Å²) in [5.74, 6) is -0.0760. The maximum Gasteiger partial charge on any atom is 0.254 e. The number of rotatable bonds is 8. The first-order valence-electron chi connectivity index (χ1n) is 10.2. The highest BCUT2D eigenvalue weighted by Crippen LogP contribution is 2.25. The summed E-state index contributed by atoms with van der Waals surface area (Å²) >= 11 is 0. The molecule has 1 fully saturated rings.